The Morgan fingerprint density at radius 1 is 1.29 bits per heavy atom. The van der Waals surface area contributed by atoms with E-state index in [2.05, 4.69) is 11.1 Å². The van der Waals surface area contributed by atoms with Gasteiger partial charge in [0.1, 0.15) is 4.90 Å². The van der Waals surface area contributed by atoms with Gasteiger partial charge < -0.3 is 0 Å². The minimum Gasteiger partial charge on any atom is -0.249 e. The molecule has 0 N–H and O–H groups in total. The molecule has 114 valence electrons. The Labute approximate surface area is 130 Å². The molecular formula is C14H19N3O2S2. The van der Waals surface area contributed by atoms with Gasteiger partial charge in [-0.2, -0.15) is 9.57 Å². The van der Waals surface area contributed by atoms with Gasteiger partial charge in [0, 0.05) is 31.5 Å². The van der Waals surface area contributed by atoms with Crippen LogP contribution in [0.2, 0.25) is 0 Å². The van der Waals surface area contributed by atoms with Crippen LogP contribution >= 0.6 is 11.8 Å². The second-order valence-corrected chi connectivity index (χ2v) is 7.96. The van der Waals surface area contributed by atoms with Gasteiger partial charge in [0.2, 0.25) is 10.0 Å². The summed E-state index contributed by atoms with van der Waals surface area (Å²) in [5, 5.41) is 9.26. The molecule has 2 rings (SSSR count). The van der Waals surface area contributed by atoms with E-state index in [0.29, 0.717) is 19.5 Å². The van der Waals surface area contributed by atoms with Gasteiger partial charge in [-0.1, -0.05) is 6.42 Å². The molecule has 1 aliphatic rings. The fourth-order valence-corrected chi connectivity index (χ4v) is 4.44. The first-order valence-corrected chi connectivity index (χ1v) is 9.53. The number of unbranched alkanes of at least 4 members (excludes halogenated alkanes) is 1. The molecule has 7 heteroatoms. The molecule has 1 fully saturated rings. The molecular weight excluding hydrogens is 306 g/mol. The van der Waals surface area contributed by atoms with Crippen molar-refractivity contribution in [1.29, 1.82) is 5.26 Å². The third kappa shape index (κ3) is 4.43. The van der Waals surface area contributed by atoms with Gasteiger partial charge in [-0.3, -0.25) is 0 Å². The Kier molecular flexibility index (Phi) is 6.03. The molecule has 1 aromatic rings. The van der Waals surface area contributed by atoms with E-state index in [1.165, 1.54) is 6.20 Å². The van der Waals surface area contributed by atoms with Crippen LogP contribution in [-0.4, -0.2) is 36.5 Å². The first-order chi connectivity index (χ1) is 10.1. The number of aromatic nitrogens is 1. The van der Waals surface area contributed by atoms with Crippen molar-refractivity contribution in [3.05, 3.63) is 18.3 Å². The molecule has 2 heterocycles. The molecule has 1 aromatic heterocycles. The molecule has 0 aliphatic carbocycles. The maximum atomic E-state index is 12.4. The molecule has 0 spiro atoms. The third-order valence-corrected chi connectivity index (χ3v) is 6.26. The Balaban J connectivity index is 1.99. The molecule has 0 bridgehead atoms. The van der Waals surface area contributed by atoms with Crippen molar-refractivity contribution in [3.8, 4) is 6.07 Å². The Hall–Kier alpha value is -1.10. The Morgan fingerprint density at radius 3 is 2.67 bits per heavy atom. The van der Waals surface area contributed by atoms with E-state index in [0.717, 1.165) is 36.5 Å². The predicted octanol–water partition coefficient (Wildman–Crippen LogP) is 2.65. The fourth-order valence-electron chi connectivity index (χ4n) is 2.19. The summed E-state index contributed by atoms with van der Waals surface area (Å²) in [5.74, 6) is 0.818. The molecule has 0 aromatic carbocycles. The van der Waals surface area contributed by atoms with Crippen molar-refractivity contribution in [3.63, 3.8) is 0 Å². The zero-order valence-electron chi connectivity index (χ0n) is 11.9. The van der Waals surface area contributed by atoms with E-state index in [4.69, 9.17) is 5.26 Å². The number of nitriles is 1. The molecule has 1 aliphatic heterocycles. The quantitative estimate of drug-likeness (QED) is 0.594. The van der Waals surface area contributed by atoms with Crippen molar-refractivity contribution in [1.82, 2.24) is 9.29 Å². The average molecular weight is 325 g/mol. The normalized spacial score (nSPS) is 16.5. The lowest BCUT2D eigenvalue weighted by Gasteiger charge is -2.25. The van der Waals surface area contributed by atoms with Crippen LogP contribution in [0.5, 0.6) is 0 Å². The maximum Gasteiger partial charge on any atom is 0.244 e. The third-order valence-electron chi connectivity index (χ3n) is 3.34. The number of thioether (sulfide) groups is 1. The molecule has 0 atom stereocenters. The van der Waals surface area contributed by atoms with E-state index >= 15 is 0 Å². The summed E-state index contributed by atoms with van der Waals surface area (Å²) in [5.41, 5.74) is 0. The minimum absolute atomic E-state index is 0.269. The molecule has 1 saturated heterocycles. The SMILES string of the molecule is N#CCCCSc1ccc(S(=O)(=O)N2CCCCC2)cn1. The standard InChI is InChI=1S/C14H19N3O2S2/c15-8-2-5-11-20-14-7-6-13(12-16-14)21(18,19)17-9-3-1-4-10-17/h6-7,12H,1-5,9-11H2. The molecule has 0 unspecified atom stereocenters. The van der Waals surface area contributed by atoms with E-state index in [9.17, 15) is 8.42 Å². The van der Waals surface area contributed by atoms with Crippen LogP contribution in [0.15, 0.2) is 28.3 Å². The van der Waals surface area contributed by atoms with Crippen molar-refractivity contribution in [2.75, 3.05) is 18.8 Å². The average Bonchev–Trinajstić information content (AvgIpc) is 2.53. The van der Waals surface area contributed by atoms with Crippen LogP contribution < -0.4 is 0 Å². The number of pyridine rings is 1. The molecule has 0 radical (unpaired) electrons. The van der Waals surface area contributed by atoms with Gasteiger partial charge in [-0.15, -0.1) is 11.8 Å². The smallest absolute Gasteiger partial charge is 0.244 e. The lowest BCUT2D eigenvalue weighted by atomic mass is 10.2. The van der Waals surface area contributed by atoms with E-state index in [1.807, 2.05) is 0 Å². The van der Waals surface area contributed by atoms with Crippen LogP contribution in [0.1, 0.15) is 32.1 Å². The predicted molar refractivity (Wildman–Crippen MR) is 82.4 cm³/mol. The Morgan fingerprint density at radius 2 is 2.05 bits per heavy atom. The zero-order valence-corrected chi connectivity index (χ0v) is 13.5. The maximum absolute atomic E-state index is 12.4. The van der Waals surface area contributed by atoms with Gasteiger partial charge in [-0.25, -0.2) is 13.4 Å². The van der Waals surface area contributed by atoms with Crippen LogP contribution in [-0.2, 0) is 10.0 Å². The highest BCUT2D eigenvalue weighted by atomic mass is 32.2. The fraction of sp³-hybridized carbons (Fsp3) is 0.571. The molecule has 0 saturated carbocycles. The van der Waals surface area contributed by atoms with Gasteiger partial charge >= 0.3 is 0 Å². The minimum atomic E-state index is -3.39. The van der Waals surface area contributed by atoms with Crippen LogP contribution in [0, 0.1) is 11.3 Å². The van der Waals surface area contributed by atoms with Crippen molar-refractivity contribution in [2.45, 2.75) is 42.0 Å². The molecule has 21 heavy (non-hydrogen) atoms. The summed E-state index contributed by atoms with van der Waals surface area (Å²) in [6.45, 7) is 1.21. The summed E-state index contributed by atoms with van der Waals surface area (Å²) in [7, 11) is -3.39. The topological polar surface area (TPSA) is 74.1 Å². The number of rotatable bonds is 6. The summed E-state index contributed by atoms with van der Waals surface area (Å²) in [4.78, 5) is 4.48. The summed E-state index contributed by atoms with van der Waals surface area (Å²) < 4.78 is 26.4. The van der Waals surface area contributed by atoms with Crippen molar-refractivity contribution < 1.29 is 8.42 Å². The first-order valence-electron chi connectivity index (χ1n) is 7.10. The van der Waals surface area contributed by atoms with E-state index < -0.39 is 10.0 Å². The summed E-state index contributed by atoms with van der Waals surface area (Å²) >= 11 is 1.54. The highest BCUT2D eigenvalue weighted by molar-refractivity contribution is 7.99. The largest absolute Gasteiger partial charge is 0.249 e. The van der Waals surface area contributed by atoms with Gasteiger partial charge in [-0.05, 0) is 31.4 Å². The monoisotopic (exact) mass is 325 g/mol. The number of piperidine rings is 1. The molecule has 0 amide bonds. The number of sulfonamides is 1. The highest BCUT2D eigenvalue weighted by Crippen LogP contribution is 2.22. The number of hydrogen-bond donors (Lipinski definition) is 0. The zero-order chi connectivity index (χ0) is 15.1. The summed E-state index contributed by atoms with van der Waals surface area (Å²) in [6.07, 6.45) is 5.75. The van der Waals surface area contributed by atoms with Gasteiger partial charge in [0.25, 0.3) is 0 Å². The van der Waals surface area contributed by atoms with Gasteiger partial charge in [0.15, 0.2) is 0 Å². The van der Waals surface area contributed by atoms with E-state index in [1.54, 1.807) is 28.2 Å². The highest BCUT2D eigenvalue weighted by Gasteiger charge is 2.25. The van der Waals surface area contributed by atoms with Crippen LogP contribution in [0.3, 0.4) is 0 Å². The number of nitrogens with zero attached hydrogens (tertiary/aromatic N) is 3. The second-order valence-electron chi connectivity index (χ2n) is 4.91. The van der Waals surface area contributed by atoms with Crippen molar-refractivity contribution in [2.24, 2.45) is 0 Å². The van der Waals surface area contributed by atoms with Crippen LogP contribution in [0.25, 0.3) is 0 Å². The number of hydrogen-bond acceptors (Lipinski definition) is 5. The van der Waals surface area contributed by atoms with Crippen molar-refractivity contribution >= 4 is 21.8 Å². The molecule has 5 nitrogen and oxygen atoms in total. The van der Waals surface area contributed by atoms with E-state index in [-0.39, 0.29) is 4.90 Å². The second kappa shape index (κ2) is 7.78. The Bertz CT molecular complexity index is 588. The van der Waals surface area contributed by atoms with Crippen LogP contribution in [0.4, 0.5) is 0 Å². The first kappa shape index (κ1) is 16.3. The summed E-state index contributed by atoms with van der Waals surface area (Å²) in [6, 6.07) is 5.47. The lowest BCUT2D eigenvalue weighted by molar-refractivity contribution is 0.346. The lowest BCUT2D eigenvalue weighted by Crippen LogP contribution is -2.35. The van der Waals surface area contributed by atoms with Gasteiger partial charge in [0.05, 0.1) is 11.1 Å².